The molecule has 0 bridgehead atoms. The molecule has 0 aliphatic rings. The van der Waals surface area contributed by atoms with Gasteiger partial charge in [0.25, 0.3) is 0 Å². The Morgan fingerprint density at radius 3 is 2.82 bits per heavy atom. The molecule has 1 heterocycles. The van der Waals surface area contributed by atoms with Crippen molar-refractivity contribution in [1.82, 2.24) is 9.97 Å². The summed E-state index contributed by atoms with van der Waals surface area (Å²) in [7, 11) is 0. The molecule has 6 nitrogen and oxygen atoms in total. The molecule has 1 N–H and O–H groups in total. The third-order valence-electron chi connectivity index (χ3n) is 2.02. The molecule has 1 aromatic heterocycles. The number of aromatic nitrogens is 2. The number of aryl methyl sites for hydroxylation is 1. The SMILES string of the molecule is C#CCC(C)Nc1nc(Cl)nc(C)c1[N+](=O)[O-]. The Labute approximate surface area is 104 Å². The third-order valence-corrected chi connectivity index (χ3v) is 2.19. The van der Waals surface area contributed by atoms with E-state index in [9.17, 15) is 10.1 Å². The van der Waals surface area contributed by atoms with Gasteiger partial charge in [-0.2, -0.15) is 4.98 Å². The number of nitro groups is 1. The van der Waals surface area contributed by atoms with Crippen molar-refractivity contribution in [2.75, 3.05) is 5.32 Å². The number of nitrogens with one attached hydrogen (secondary N) is 1. The first-order chi connectivity index (χ1) is 7.95. The molecule has 0 amide bonds. The predicted octanol–water partition coefficient (Wildman–Crippen LogP) is 2.17. The number of hydrogen-bond donors (Lipinski definition) is 1. The van der Waals surface area contributed by atoms with Crippen molar-refractivity contribution in [2.45, 2.75) is 26.3 Å². The van der Waals surface area contributed by atoms with E-state index < -0.39 is 4.92 Å². The molecule has 0 aliphatic carbocycles. The normalized spacial score (nSPS) is 11.6. The Morgan fingerprint density at radius 2 is 2.29 bits per heavy atom. The van der Waals surface area contributed by atoms with Crippen molar-refractivity contribution in [1.29, 1.82) is 0 Å². The van der Waals surface area contributed by atoms with E-state index in [0.29, 0.717) is 6.42 Å². The summed E-state index contributed by atoms with van der Waals surface area (Å²) in [5.74, 6) is 2.55. The maximum absolute atomic E-state index is 10.9. The zero-order chi connectivity index (χ0) is 13.0. The van der Waals surface area contributed by atoms with E-state index >= 15 is 0 Å². The fourth-order valence-electron chi connectivity index (χ4n) is 1.31. The number of terminal acetylenes is 1. The quantitative estimate of drug-likeness (QED) is 0.385. The Balaban J connectivity index is 3.13. The van der Waals surface area contributed by atoms with Gasteiger partial charge in [0, 0.05) is 12.5 Å². The summed E-state index contributed by atoms with van der Waals surface area (Å²) in [6, 6.07) is -0.135. The fourth-order valence-corrected chi connectivity index (χ4v) is 1.52. The van der Waals surface area contributed by atoms with Crippen LogP contribution < -0.4 is 5.32 Å². The second-order valence-electron chi connectivity index (χ2n) is 3.49. The molecular weight excluding hydrogens is 244 g/mol. The predicted molar refractivity (Wildman–Crippen MR) is 65.0 cm³/mol. The van der Waals surface area contributed by atoms with Gasteiger partial charge in [-0.3, -0.25) is 10.1 Å². The molecule has 7 heteroatoms. The number of halogens is 1. The summed E-state index contributed by atoms with van der Waals surface area (Å²) in [4.78, 5) is 17.9. The van der Waals surface area contributed by atoms with Gasteiger partial charge in [0.15, 0.2) is 0 Å². The second-order valence-corrected chi connectivity index (χ2v) is 3.82. The lowest BCUT2D eigenvalue weighted by molar-refractivity contribution is -0.385. The summed E-state index contributed by atoms with van der Waals surface area (Å²) in [5, 5.41) is 13.7. The van der Waals surface area contributed by atoms with Crippen LogP contribution in [-0.2, 0) is 0 Å². The van der Waals surface area contributed by atoms with Crippen molar-refractivity contribution in [2.24, 2.45) is 0 Å². The maximum atomic E-state index is 10.9. The van der Waals surface area contributed by atoms with E-state index in [2.05, 4.69) is 21.2 Å². The molecule has 1 unspecified atom stereocenters. The van der Waals surface area contributed by atoms with Gasteiger partial charge in [0.05, 0.1) is 4.92 Å². The lowest BCUT2D eigenvalue weighted by Crippen LogP contribution is -2.17. The average Bonchev–Trinajstić information content (AvgIpc) is 2.15. The van der Waals surface area contributed by atoms with E-state index in [-0.39, 0.29) is 28.5 Å². The molecule has 1 aromatic rings. The lowest BCUT2D eigenvalue weighted by Gasteiger charge is -2.12. The lowest BCUT2D eigenvalue weighted by atomic mass is 10.2. The van der Waals surface area contributed by atoms with E-state index in [4.69, 9.17) is 18.0 Å². The maximum Gasteiger partial charge on any atom is 0.332 e. The summed E-state index contributed by atoms with van der Waals surface area (Å²) in [5.41, 5.74) is 0.0312. The van der Waals surface area contributed by atoms with Crippen LogP contribution in [-0.4, -0.2) is 20.9 Å². The summed E-state index contributed by atoms with van der Waals surface area (Å²) >= 11 is 5.66. The molecule has 0 aliphatic heterocycles. The number of nitrogens with zero attached hydrogens (tertiary/aromatic N) is 3. The van der Waals surface area contributed by atoms with Gasteiger partial charge >= 0.3 is 5.69 Å². The van der Waals surface area contributed by atoms with Crippen LogP contribution >= 0.6 is 11.6 Å². The standard InChI is InChI=1S/C10H11ClN4O2/c1-4-5-6(2)12-9-8(15(16)17)7(3)13-10(11)14-9/h1,6H,5H2,2-3H3,(H,12,13,14). The first kappa shape index (κ1) is 13.2. The first-order valence-corrected chi connectivity index (χ1v) is 5.22. The Bertz CT molecular complexity index is 484. The van der Waals surface area contributed by atoms with Gasteiger partial charge in [-0.05, 0) is 25.4 Å². The van der Waals surface area contributed by atoms with Gasteiger partial charge in [0.1, 0.15) is 5.69 Å². The number of anilines is 1. The van der Waals surface area contributed by atoms with Crippen LogP contribution in [0.1, 0.15) is 19.0 Å². The Morgan fingerprint density at radius 1 is 1.65 bits per heavy atom. The topological polar surface area (TPSA) is 81.0 Å². The van der Waals surface area contributed by atoms with Crippen LogP contribution in [0, 0.1) is 29.4 Å². The highest BCUT2D eigenvalue weighted by Gasteiger charge is 2.22. The van der Waals surface area contributed by atoms with Crippen LogP contribution in [0.25, 0.3) is 0 Å². The van der Waals surface area contributed by atoms with Gasteiger partial charge in [-0.25, -0.2) is 4.98 Å². The van der Waals surface area contributed by atoms with Crippen molar-refractivity contribution in [3.8, 4) is 12.3 Å². The second kappa shape index (κ2) is 5.46. The summed E-state index contributed by atoms with van der Waals surface area (Å²) in [6.45, 7) is 3.30. The molecule has 0 spiro atoms. The highest BCUT2D eigenvalue weighted by atomic mass is 35.5. The fraction of sp³-hybridized carbons (Fsp3) is 0.400. The first-order valence-electron chi connectivity index (χ1n) is 4.84. The van der Waals surface area contributed by atoms with Crippen molar-refractivity contribution < 1.29 is 4.92 Å². The molecule has 0 radical (unpaired) electrons. The van der Waals surface area contributed by atoms with Crippen molar-refractivity contribution in [3.05, 3.63) is 21.1 Å². The van der Waals surface area contributed by atoms with E-state index in [1.807, 2.05) is 0 Å². The highest BCUT2D eigenvalue weighted by Crippen LogP contribution is 2.27. The molecule has 17 heavy (non-hydrogen) atoms. The third kappa shape index (κ3) is 3.29. The number of hydrogen-bond acceptors (Lipinski definition) is 5. The van der Waals surface area contributed by atoms with E-state index in [0.717, 1.165) is 0 Å². The Hall–Kier alpha value is -1.87. The molecule has 1 atom stereocenters. The molecule has 1 rings (SSSR count). The minimum absolute atomic E-state index is 0.0384. The molecule has 0 saturated heterocycles. The summed E-state index contributed by atoms with van der Waals surface area (Å²) < 4.78 is 0. The van der Waals surface area contributed by atoms with E-state index in [1.165, 1.54) is 6.92 Å². The van der Waals surface area contributed by atoms with Crippen molar-refractivity contribution in [3.63, 3.8) is 0 Å². The minimum Gasteiger partial charge on any atom is -0.361 e. The van der Waals surface area contributed by atoms with Gasteiger partial charge in [-0.1, -0.05) is 0 Å². The molecular formula is C10H11ClN4O2. The zero-order valence-corrected chi connectivity index (χ0v) is 10.2. The molecule has 0 fully saturated rings. The van der Waals surface area contributed by atoms with Gasteiger partial charge in [-0.15, -0.1) is 12.3 Å². The monoisotopic (exact) mass is 254 g/mol. The van der Waals surface area contributed by atoms with Gasteiger partial charge in [0.2, 0.25) is 11.1 Å². The van der Waals surface area contributed by atoms with Crippen LogP contribution in [0.3, 0.4) is 0 Å². The zero-order valence-electron chi connectivity index (χ0n) is 9.40. The molecule has 0 saturated carbocycles. The van der Waals surface area contributed by atoms with Crippen LogP contribution in [0.5, 0.6) is 0 Å². The van der Waals surface area contributed by atoms with Gasteiger partial charge < -0.3 is 5.32 Å². The van der Waals surface area contributed by atoms with E-state index in [1.54, 1.807) is 6.92 Å². The highest BCUT2D eigenvalue weighted by molar-refractivity contribution is 6.28. The van der Waals surface area contributed by atoms with Crippen LogP contribution in [0.4, 0.5) is 11.5 Å². The van der Waals surface area contributed by atoms with Crippen LogP contribution in [0.15, 0.2) is 0 Å². The number of rotatable bonds is 4. The van der Waals surface area contributed by atoms with Crippen molar-refractivity contribution >= 4 is 23.1 Å². The minimum atomic E-state index is -0.545. The van der Waals surface area contributed by atoms with Crippen LogP contribution in [0.2, 0.25) is 5.28 Å². The molecule has 0 aromatic carbocycles. The largest absolute Gasteiger partial charge is 0.361 e. The summed E-state index contributed by atoms with van der Waals surface area (Å²) in [6.07, 6.45) is 5.59. The molecule has 90 valence electrons. The average molecular weight is 255 g/mol. The Kier molecular flexibility index (Phi) is 4.24. The smallest absolute Gasteiger partial charge is 0.332 e.